The zero-order valence-corrected chi connectivity index (χ0v) is 10.2. The van der Waals surface area contributed by atoms with Crippen LogP contribution in [0.3, 0.4) is 0 Å². The van der Waals surface area contributed by atoms with E-state index in [4.69, 9.17) is 18.0 Å². The van der Waals surface area contributed by atoms with Crippen molar-refractivity contribution in [2.45, 2.75) is 26.7 Å². The average molecular weight is 229 g/mol. The van der Waals surface area contributed by atoms with Crippen molar-refractivity contribution >= 4 is 23.2 Å². The van der Waals surface area contributed by atoms with E-state index in [2.05, 4.69) is 5.32 Å². The molecular formula is C10H19N3OS. The molecule has 1 aliphatic rings. The summed E-state index contributed by atoms with van der Waals surface area (Å²) in [7, 11) is 0. The Morgan fingerprint density at radius 3 is 2.47 bits per heavy atom. The van der Waals surface area contributed by atoms with Gasteiger partial charge in [-0.25, -0.2) is 4.79 Å². The first kappa shape index (κ1) is 12.2. The largest absolute Gasteiger partial charge is 0.393 e. The third-order valence-electron chi connectivity index (χ3n) is 2.74. The molecule has 86 valence electrons. The number of nitrogens with two attached hydrogens (primary N) is 1. The van der Waals surface area contributed by atoms with Crippen LogP contribution in [0.4, 0.5) is 4.79 Å². The average Bonchev–Trinajstić information content (AvgIpc) is 2.66. The fourth-order valence-corrected chi connectivity index (χ4v) is 1.49. The van der Waals surface area contributed by atoms with Crippen LogP contribution in [0.1, 0.15) is 26.7 Å². The first-order valence-electron chi connectivity index (χ1n) is 5.26. The second-order valence-corrected chi connectivity index (χ2v) is 5.04. The van der Waals surface area contributed by atoms with Crippen LogP contribution in [-0.4, -0.2) is 35.6 Å². The SMILES string of the molecule is CC(C)(CNC(=O)N1CCCC1)C(N)=S. The minimum Gasteiger partial charge on any atom is -0.393 e. The summed E-state index contributed by atoms with van der Waals surface area (Å²) in [6, 6.07) is -0.00294. The lowest BCUT2D eigenvalue weighted by atomic mass is 9.94. The predicted octanol–water partition coefficient (Wildman–Crippen LogP) is 1.10. The lowest BCUT2D eigenvalue weighted by Gasteiger charge is -2.25. The maximum Gasteiger partial charge on any atom is 0.317 e. The Balaban J connectivity index is 2.36. The Morgan fingerprint density at radius 1 is 1.47 bits per heavy atom. The van der Waals surface area contributed by atoms with Gasteiger partial charge in [0.1, 0.15) is 0 Å². The Morgan fingerprint density at radius 2 is 2.00 bits per heavy atom. The molecule has 0 radical (unpaired) electrons. The molecule has 0 aromatic heterocycles. The lowest BCUT2D eigenvalue weighted by molar-refractivity contribution is 0.206. The number of urea groups is 1. The molecule has 0 atom stereocenters. The molecule has 0 bridgehead atoms. The third kappa shape index (κ3) is 3.34. The zero-order chi connectivity index (χ0) is 11.5. The first-order chi connectivity index (χ1) is 6.93. The molecule has 3 N–H and O–H groups in total. The maximum atomic E-state index is 11.6. The zero-order valence-electron chi connectivity index (χ0n) is 9.38. The first-order valence-corrected chi connectivity index (χ1v) is 5.67. The number of thiocarbonyl (C=S) groups is 1. The summed E-state index contributed by atoms with van der Waals surface area (Å²) in [4.78, 5) is 13.9. The minimum atomic E-state index is -0.315. The highest BCUT2D eigenvalue weighted by atomic mass is 32.1. The Hall–Kier alpha value is -0.840. The van der Waals surface area contributed by atoms with E-state index in [1.54, 1.807) is 0 Å². The molecular weight excluding hydrogens is 210 g/mol. The number of hydrogen-bond donors (Lipinski definition) is 2. The van der Waals surface area contributed by atoms with Gasteiger partial charge in [-0.1, -0.05) is 26.1 Å². The van der Waals surface area contributed by atoms with E-state index in [9.17, 15) is 4.79 Å². The molecule has 0 aromatic rings. The summed E-state index contributed by atoms with van der Waals surface area (Å²) in [6.45, 7) is 6.08. The fourth-order valence-electron chi connectivity index (χ4n) is 1.42. The second kappa shape index (κ2) is 4.79. The molecule has 0 saturated carbocycles. The van der Waals surface area contributed by atoms with Gasteiger partial charge in [0.2, 0.25) is 0 Å². The molecule has 0 aliphatic carbocycles. The van der Waals surface area contributed by atoms with E-state index in [-0.39, 0.29) is 11.4 Å². The molecule has 15 heavy (non-hydrogen) atoms. The van der Waals surface area contributed by atoms with Crippen molar-refractivity contribution in [3.05, 3.63) is 0 Å². The predicted molar refractivity (Wildman–Crippen MR) is 64.8 cm³/mol. The van der Waals surface area contributed by atoms with Gasteiger partial charge in [-0.05, 0) is 12.8 Å². The highest BCUT2D eigenvalue weighted by Gasteiger charge is 2.24. The van der Waals surface area contributed by atoms with Crippen LogP contribution in [0, 0.1) is 5.41 Å². The van der Waals surface area contributed by atoms with Crippen molar-refractivity contribution in [1.82, 2.24) is 10.2 Å². The number of rotatable bonds is 3. The van der Waals surface area contributed by atoms with Crippen molar-refractivity contribution in [2.75, 3.05) is 19.6 Å². The monoisotopic (exact) mass is 229 g/mol. The highest BCUT2D eigenvalue weighted by Crippen LogP contribution is 2.14. The summed E-state index contributed by atoms with van der Waals surface area (Å²) < 4.78 is 0. The Labute approximate surface area is 96.2 Å². The molecule has 1 fully saturated rings. The van der Waals surface area contributed by atoms with Gasteiger partial charge < -0.3 is 16.0 Å². The van der Waals surface area contributed by atoms with Crippen LogP contribution in [0.25, 0.3) is 0 Å². The number of amides is 2. The number of nitrogens with one attached hydrogen (secondary N) is 1. The van der Waals surface area contributed by atoms with Gasteiger partial charge in [0.25, 0.3) is 0 Å². The van der Waals surface area contributed by atoms with E-state index in [1.807, 2.05) is 18.7 Å². The molecule has 0 aromatic carbocycles. The lowest BCUT2D eigenvalue weighted by Crippen LogP contribution is -2.45. The molecule has 4 nitrogen and oxygen atoms in total. The summed E-state index contributed by atoms with van der Waals surface area (Å²) in [6.07, 6.45) is 2.21. The molecule has 0 spiro atoms. The van der Waals surface area contributed by atoms with Gasteiger partial charge in [0.05, 0.1) is 4.99 Å². The van der Waals surface area contributed by atoms with Crippen molar-refractivity contribution in [2.24, 2.45) is 11.1 Å². The van der Waals surface area contributed by atoms with Gasteiger partial charge in [-0.3, -0.25) is 0 Å². The van der Waals surface area contributed by atoms with Crippen molar-refractivity contribution in [1.29, 1.82) is 0 Å². The number of nitrogens with zero attached hydrogens (tertiary/aromatic N) is 1. The number of hydrogen-bond acceptors (Lipinski definition) is 2. The number of likely N-dealkylation sites (tertiary alicyclic amines) is 1. The van der Waals surface area contributed by atoms with Crippen molar-refractivity contribution in [3.63, 3.8) is 0 Å². The van der Waals surface area contributed by atoms with Crippen LogP contribution >= 0.6 is 12.2 Å². The van der Waals surface area contributed by atoms with E-state index >= 15 is 0 Å². The van der Waals surface area contributed by atoms with E-state index in [1.165, 1.54) is 0 Å². The summed E-state index contributed by atoms with van der Waals surface area (Å²) >= 11 is 4.93. The van der Waals surface area contributed by atoms with Crippen LogP contribution in [-0.2, 0) is 0 Å². The van der Waals surface area contributed by atoms with Crippen LogP contribution in [0.5, 0.6) is 0 Å². The van der Waals surface area contributed by atoms with E-state index < -0.39 is 0 Å². The maximum absolute atomic E-state index is 11.6. The minimum absolute atomic E-state index is 0.00294. The molecule has 1 saturated heterocycles. The summed E-state index contributed by atoms with van der Waals surface area (Å²) in [5, 5.41) is 2.87. The Kier molecular flexibility index (Phi) is 3.90. The van der Waals surface area contributed by atoms with E-state index in [0.717, 1.165) is 25.9 Å². The number of carbonyl (C=O) groups is 1. The van der Waals surface area contributed by atoms with Gasteiger partial charge in [0.15, 0.2) is 0 Å². The topological polar surface area (TPSA) is 58.4 Å². The molecule has 5 heteroatoms. The standard InChI is InChI=1S/C10H19N3OS/c1-10(2,8(11)15)7-12-9(14)13-5-3-4-6-13/h3-7H2,1-2H3,(H2,11,15)(H,12,14). The molecule has 2 amide bonds. The Bertz CT molecular complexity index is 259. The quantitative estimate of drug-likeness (QED) is 0.713. The van der Waals surface area contributed by atoms with Gasteiger partial charge in [-0.2, -0.15) is 0 Å². The van der Waals surface area contributed by atoms with Gasteiger partial charge in [-0.15, -0.1) is 0 Å². The van der Waals surface area contributed by atoms with Crippen molar-refractivity contribution < 1.29 is 4.79 Å². The molecule has 1 rings (SSSR count). The summed E-state index contributed by atoms with van der Waals surface area (Å²) in [5.41, 5.74) is 5.26. The summed E-state index contributed by atoms with van der Waals surface area (Å²) in [5.74, 6) is 0. The highest BCUT2D eigenvalue weighted by molar-refractivity contribution is 7.80. The fraction of sp³-hybridized carbons (Fsp3) is 0.800. The van der Waals surface area contributed by atoms with Crippen LogP contribution in [0.15, 0.2) is 0 Å². The van der Waals surface area contributed by atoms with Gasteiger partial charge >= 0.3 is 6.03 Å². The third-order valence-corrected chi connectivity index (χ3v) is 3.29. The van der Waals surface area contributed by atoms with Crippen LogP contribution in [0.2, 0.25) is 0 Å². The molecule has 1 heterocycles. The number of carbonyl (C=O) groups excluding carboxylic acids is 1. The molecule has 0 unspecified atom stereocenters. The van der Waals surface area contributed by atoms with Crippen molar-refractivity contribution in [3.8, 4) is 0 Å². The van der Waals surface area contributed by atoms with Crippen LogP contribution < -0.4 is 11.1 Å². The second-order valence-electron chi connectivity index (χ2n) is 4.60. The smallest absolute Gasteiger partial charge is 0.317 e. The van der Waals surface area contributed by atoms with Gasteiger partial charge in [0, 0.05) is 25.0 Å². The van der Waals surface area contributed by atoms with E-state index in [0.29, 0.717) is 11.5 Å². The molecule has 1 aliphatic heterocycles. The normalized spacial score (nSPS) is 16.5.